The lowest BCUT2D eigenvalue weighted by Crippen LogP contribution is -2.47. The van der Waals surface area contributed by atoms with Gasteiger partial charge in [-0.3, -0.25) is 9.59 Å². The van der Waals surface area contributed by atoms with Gasteiger partial charge in [0.15, 0.2) is 6.79 Å². The highest BCUT2D eigenvalue weighted by Crippen LogP contribution is 2.51. The molecule has 0 spiro atoms. The second-order valence-electron chi connectivity index (χ2n) is 11.8. The first-order valence-electron chi connectivity index (χ1n) is 11.4. The Labute approximate surface area is 176 Å². The van der Waals surface area contributed by atoms with Crippen LogP contribution in [0, 0.1) is 34.0 Å². The largest absolute Gasteiger partial charge is 0.459 e. The van der Waals surface area contributed by atoms with E-state index in [0.717, 1.165) is 38.5 Å². The summed E-state index contributed by atoms with van der Waals surface area (Å²) in [5, 5.41) is 0. The number of rotatable bonds is 6. The van der Waals surface area contributed by atoms with E-state index in [2.05, 4.69) is 48.5 Å². The lowest BCUT2D eigenvalue weighted by atomic mass is 9.59. The summed E-state index contributed by atoms with van der Waals surface area (Å²) < 4.78 is 17.5. The van der Waals surface area contributed by atoms with Crippen LogP contribution in [0.3, 0.4) is 0 Å². The molecule has 0 aromatic carbocycles. The summed E-state index contributed by atoms with van der Waals surface area (Å²) in [5.74, 6) is 0.684. The van der Waals surface area contributed by atoms with E-state index >= 15 is 0 Å². The number of fused-ring (bicyclic) bond motifs is 1. The predicted molar refractivity (Wildman–Crippen MR) is 111 cm³/mol. The summed E-state index contributed by atoms with van der Waals surface area (Å²) in [4.78, 5) is 25.5. The molecule has 29 heavy (non-hydrogen) atoms. The van der Waals surface area contributed by atoms with Crippen LogP contribution in [-0.2, 0) is 23.8 Å². The minimum Gasteiger partial charge on any atom is -0.459 e. The molecule has 6 unspecified atom stereocenters. The van der Waals surface area contributed by atoms with Crippen LogP contribution in [0.2, 0.25) is 0 Å². The minimum atomic E-state index is -0.567. The Morgan fingerprint density at radius 3 is 2.34 bits per heavy atom. The highest BCUT2D eigenvalue weighted by molar-refractivity contribution is 5.78. The number of carbonyl (C=O) groups excluding carboxylic acids is 2. The van der Waals surface area contributed by atoms with Crippen molar-refractivity contribution >= 4 is 11.9 Å². The van der Waals surface area contributed by atoms with Crippen molar-refractivity contribution in [3.05, 3.63) is 0 Å². The highest BCUT2D eigenvalue weighted by Gasteiger charge is 2.52. The van der Waals surface area contributed by atoms with E-state index in [-0.39, 0.29) is 47.7 Å². The summed E-state index contributed by atoms with van der Waals surface area (Å²) in [6, 6.07) is 0. The summed E-state index contributed by atoms with van der Waals surface area (Å²) in [6.07, 6.45) is 4.92. The van der Waals surface area contributed by atoms with Crippen molar-refractivity contribution in [1.29, 1.82) is 0 Å². The van der Waals surface area contributed by atoms with Crippen LogP contribution in [0.1, 0.15) is 87.0 Å². The Balaban J connectivity index is 1.65. The van der Waals surface area contributed by atoms with Crippen LogP contribution in [0.5, 0.6) is 0 Å². The van der Waals surface area contributed by atoms with Crippen molar-refractivity contribution < 1.29 is 23.8 Å². The molecule has 4 bridgehead atoms. The smallest absolute Gasteiger partial charge is 0.314 e. The maximum absolute atomic E-state index is 13.3. The van der Waals surface area contributed by atoms with Crippen molar-refractivity contribution in [2.75, 3.05) is 6.79 Å². The second-order valence-corrected chi connectivity index (χ2v) is 11.8. The number of hydrogen-bond acceptors (Lipinski definition) is 5. The molecule has 0 radical (unpaired) electrons. The molecule has 5 nitrogen and oxygen atoms in total. The van der Waals surface area contributed by atoms with Crippen molar-refractivity contribution in [2.24, 2.45) is 34.0 Å². The molecule has 2 saturated carbocycles. The zero-order valence-corrected chi connectivity index (χ0v) is 19.4. The lowest BCUT2D eigenvalue weighted by molar-refractivity contribution is -0.198. The van der Waals surface area contributed by atoms with Gasteiger partial charge in [0.1, 0.15) is 12.2 Å². The summed E-state index contributed by atoms with van der Waals surface area (Å²) >= 11 is 0. The Bertz CT molecular complexity index is 628. The first-order chi connectivity index (χ1) is 13.4. The Morgan fingerprint density at radius 2 is 1.76 bits per heavy atom. The zero-order valence-electron chi connectivity index (χ0n) is 19.4. The van der Waals surface area contributed by atoms with Gasteiger partial charge in [-0.2, -0.15) is 0 Å². The number of ether oxygens (including phenoxy) is 3. The summed E-state index contributed by atoms with van der Waals surface area (Å²) in [6.45, 7) is 14.9. The Hall–Kier alpha value is -1.10. The molecule has 0 aromatic rings. The maximum Gasteiger partial charge on any atom is 0.314 e. The topological polar surface area (TPSA) is 61.8 Å². The fourth-order valence-electron chi connectivity index (χ4n) is 6.16. The van der Waals surface area contributed by atoms with Crippen LogP contribution in [0.15, 0.2) is 0 Å². The van der Waals surface area contributed by atoms with Crippen LogP contribution in [-0.4, -0.2) is 30.9 Å². The van der Waals surface area contributed by atoms with E-state index < -0.39 is 5.41 Å². The molecule has 0 amide bonds. The average Bonchev–Trinajstić information content (AvgIpc) is 2.74. The lowest BCUT2D eigenvalue weighted by Gasteiger charge is -2.45. The van der Waals surface area contributed by atoms with Gasteiger partial charge in [0.2, 0.25) is 0 Å². The fraction of sp³-hybridized carbons (Fsp3) is 0.917. The van der Waals surface area contributed by atoms with Crippen LogP contribution in [0.4, 0.5) is 0 Å². The van der Waals surface area contributed by atoms with Crippen LogP contribution >= 0.6 is 0 Å². The number of esters is 2. The molecular weight excluding hydrogens is 368 g/mol. The van der Waals surface area contributed by atoms with Gasteiger partial charge in [-0.15, -0.1) is 0 Å². The van der Waals surface area contributed by atoms with Gasteiger partial charge in [-0.05, 0) is 61.2 Å². The van der Waals surface area contributed by atoms with E-state index in [0.29, 0.717) is 11.8 Å². The van der Waals surface area contributed by atoms with E-state index in [1.807, 2.05) is 0 Å². The molecule has 4 fully saturated rings. The number of carbonyl (C=O) groups is 2. The minimum absolute atomic E-state index is 0.0106. The molecule has 0 N–H and O–H groups in total. The summed E-state index contributed by atoms with van der Waals surface area (Å²) in [7, 11) is 0. The van der Waals surface area contributed by atoms with Gasteiger partial charge in [-0.1, -0.05) is 48.5 Å². The fourth-order valence-corrected chi connectivity index (χ4v) is 6.16. The molecule has 2 aliphatic carbocycles. The zero-order chi connectivity index (χ0) is 21.6. The monoisotopic (exact) mass is 408 g/mol. The third-order valence-electron chi connectivity index (χ3n) is 7.55. The molecule has 6 atom stereocenters. The predicted octanol–water partition coefficient (Wildman–Crippen LogP) is 5.11. The standard InChI is InChI=1S/C24H40O5/c1-8-24(23(5,6)7,13-22(2,3)4)21(26)28-14-27-19-16-9-15-10-17(12-16)20(25)29-18(19)11-15/h15-19H,8-14H2,1-7H3. The highest BCUT2D eigenvalue weighted by atomic mass is 16.7. The van der Waals surface area contributed by atoms with Crippen molar-refractivity contribution in [2.45, 2.75) is 99.2 Å². The quantitative estimate of drug-likeness (QED) is 0.451. The van der Waals surface area contributed by atoms with E-state index in [1.165, 1.54) is 0 Å². The third-order valence-corrected chi connectivity index (χ3v) is 7.55. The number of hydrogen-bond donors (Lipinski definition) is 0. The van der Waals surface area contributed by atoms with E-state index in [1.54, 1.807) is 0 Å². The van der Waals surface area contributed by atoms with Gasteiger partial charge in [0.05, 0.1) is 11.3 Å². The molecule has 2 aliphatic heterocycles. The summed E-state index contributed by atoms with van der Waals surface area (Å²) in [5.41, 5.74) is -0.777. The van der Waals surface area contributed by atoms with E-state index in [4.69, 9.17) is 14.2 Å². The molecular formula is C24H40O5. The first kappa shape index (κ1) is 22.6. The first-order valence-corrected chi connectivity index (χ1v) is 11.4. The normalized spacial score (nSPS) is 33.8. The van der Waals surface area contributed by atoms with Gasteiger partial charge in [-0.25, -0.2) is 0 Å². The third kappa shape index (κ3) is 4.50. The van der Waals surface area contributed by atoms with Crippen molar-refractivity contribution in [3.63, 3.8) is 0 Å². The second kappa shape index (κ2) is 7.86. The van der Waals surface area contributed by atoms with Gasteiger partial charge < -0.3 is 14.2 Å². The van der Waals surface area contributed by atoms with Crippen molar-refractivity contribution in [1.82, 2.24) is 0 Å². The van der Waals surface area contributed by atoms with Crippen LogP contribution in [0.25, 0.3) is 0 Å². The molecule has 2 saturated heterocycles. The maximum atomic E-state index is 13.3. The SMILES string of the molecule is CCC(CC(C)(C)C)(C(=O)OCOC1C2CC3CC(C2)C(=O)OC1C3)C(C)(C)C. The molecule has 5 heteroatoms. The van der Waals surface area contributed by atoms with Gasteiger partial charge >= 0.3 is 11.9 Å². The van der Waals surface area contributed by atoms with Gasteiger partial charge in [0.25, 0.3) is 0 Å². The Kier molecular flexibility index (Phi) is 6.12. The molecule has 4 rings (SSSR count). The molecule has 166 valence electrons. The van der Waals surface area contributed by atoms with E-state index in [9.17, 15) is 9.59 Å². The molecule has 0 aromatic heterocycles. The molecule has 4 aliphatic rings. The Morgan fingerprint density at radius 1 is 1.07 bits per heavy atom. The van der Waals surface area contributed by atoms with Crippen molar-refractivity contribution in [3.8, 4) is 0 Å². The van der Waals surface area contributed by atoms with Crippen LogP contribution < -0.4 is 0 Å². The van der Waals surface area contributed by atoms with Gasteiger partial charge in [0, 0.05) is 0 Å². The average molecular weight is 409 g/mol. The molecule has 2 heterocycles.